The molecule has 4 heterocycles. The Morgan fingerprint density at radius 2 is 1.93 bits per heavy atom. The number of hydrogen-bond acceptors (Lipinski definition) is 7. The number of benzene rings is 1. The Hall–Kier alpha value is -4.71. The SMILES string of the molecule is CNCc1cc(Nc2cc(-c3cc(F)cc(N4CCn5c(cc6c5CC(C)(C)C6)C4=O)c3COC(C)=O)cn(C)c2=O)n[nH]1. The lowest BCUT2D eigenvalue weighted by atomic mass is 9.90. The van der Waals surface area contributed by atoms with Crippen molar-refractivity contribution in [2.24, 2.45) is 12.5 Å². The number of carbonyl (C=O) groups excluding carboxylic acids is 2. The van der Waals surface area contributed by atoms with E-state index in [0.717, 1.165) is 18.5 Å². The molecule has 0 spiro atoms. The molecule has 4 aromatic rings. The van der Waals surface area contributed by atoms with E-state index in [-0.39, 0.29) is 29.2 Å². The number of aryl methyl sites for hydroxylation is 1. The quantitative estimate of drug-likeness (QED) is 0.261. The van der Waals surface area contributed by atoms with Crippen molar-refractivity contribution in [3.05, 3.63) is 80.9 Å². The summed E-state index contributed by atoms with van der Waals surface area (Å²) >= 11 is 0. The van der Waals surface area contributed by atoms with E-state index in [1.807, 2.05) is 13.1 Å². The van der Waals surface area contributed by atoms with E-state index in [1.165, 1.54) is 34.9 Å². The minimum Gasteiger partial charge on any atom is -0.461 e. The van der Waals surface area contributed by atoms with Crippen LogP contribution in [0.25, 0.3) is 11.1 Å². The van der Waals surface area contributed by atoms with E-state index in [2.05, 4.69) is 39.2 Å². The number of pyridine rings is 1. The number of ether oxygens (including phenoxy) is 1. The number of fused-ring (bicyclic) bond motifs is 3. The number of halogens is 1. The van der Waals surface area contributed by atoms with Gasteiger partial charge in [0.25, 0.3) is 11.5 Å². The molecule has 1 aliphatic heterocycles. The third-order valence-electron chi connectivity index (χ3n) is 8.28. The molecule has 0 fully saturated rings. The molecular formula is C32H36FN7O4. The van der Waals surface area contributed by atoms with Gasteiger partial charge in [-0.25, -0.2) is 4.39 Å². The van der Waals surface area contributed by atoms with E-state index in [1.54, 1.807) is 30.3 Å². The molecule has 44 heavy (non-hydrogen) atoms. The molecule has 1 aromatic carbocycles. The van der Waals surface area contributed by atoms with Gasteiger partial charge in [0.15, 0.2) is 5.82 Å². The van der Waals surface area contributed by atoms with Gasteiger partial charge >= 0.3 is 5.97 Å². The summed E-state index contributed by atoms with van der Waals surface area (Å²) in [5, 5.41) is 13.2. The van der Waals surface area contributed by atoms with Crippen LogP contribution in [0.3, 0.4) is 0 Å². The summed E-state index contributed by atoms with van der Waals surface area (Å²) < 4.78 is 24.4. The predicted molar refractivity (Wildman–Crippen MR) is 164 cm³/mol. The van der Waals surface area contributed by atoms with Crippen molar-refractivity contribution in [2.45, 2.75) is 53.3 Å². The topological polar surface area (TPSA) is 126 Å². The Labute approximate surface area is 254 Å². The molecule has 12 heteroatoms. The molecule has 3 aromatic heterocycles. The van der Waals surface area contributed by atoms with Crippen LogP contribution in [0.15, 0.2) is 41.3 Å². The number of hydrogen-bond donors (Lipinski definition) is 3. The number of H-pyrrole nitrogens is 1. The molecule has 0 saturated heterocycles. The number of aromatic amines is 1. The first-order chi connectivity index (χ1) is 20.9. The first-order valence-electron chi connectivity index (χ1n) is 14.6. The monoisotopic (exact) mass is 601 g/mol. The van der Waals surface area contributed by atoms with E-state index in [9.17, 15) is 14.4 Å². The van der Waals surface area contributed by atoms with Crippen molar-refractivity contribution in [2.75, 3.05) is 23.8 Å². The van der Waals surface area contributed by atoms with Gasteiger partial charge in [0.1, 0.15) is 23.8 Å². The summed E-state index contributed by atoms with van der Waals surface area (Å²) in [7, 11) is 3.42. The van der Waals surface area contributed by atoms with E-state index in [4.69, 9.17) is 4.74 Å². The van der Waals surface area contributed by atoms with E-state index >= 15 is 4.39 Å². The first kappa shape index (κ1) is 29.4. The highest BCUT2D eigenvalue weighted by Crippen LogP contribution is 2.41. The Morgan fingerprint density at radius 1 is 1.14 bits per heavy atom. The van der Waals surface area contributed by atoms with Crippen molar-refractivity contribution < 1.29 is 18.7 Å². The average Bonchev–Trinajstić information content (AvgIpc) is 3.62. The Bertz CT molecular complexity index is 1850. The van der Waals surface area contributed by atoms with Crippen molar-refractivity contribution in [1.29, 1.82) is 0 Å². The third kappa shape index (κ3) is 5.41. The van der Waals surface area contributed by atoms with Crippen molar-refractivity contribution in [3.63, 3.8) is 0 Å². The summed E-state index contributed by atoms with van der Waals surface area (Å²) in [6.07, 6.45) is 3.39. The van der Waals surface area contributed by atoms with Gasteiger partial charge in [0.2, 0.25) is 0 Å². The molecule has 230 valence electrons. The van der Waals surface area contributed by atoms with Gasteiger partial charge in [0, 0.05) is 62.7 Å². The highest BCUT2D eigenvalue weighted by atomic mass is 19.1. The summed E-state index contributed by atoms with van der Waals surface area (Å²) in [5.41, 5.74) is 5.52. The number of anilines is 3. The second kappa shape index (κ2) is 11.1. The molecule has 3 N–H and O–H groups in total. The summed E-state index contributed by atoms with van der Waals surface area (Å²) in [5.74, 6) is -0.862. The zero-order valence-electron chi connectivity index (χ0n) is 25.5. The molecule has 0 atom stereocenters. The van der Waals surface area contributed by atoms with Gasteiger partial charge in [-0.1, -0.05) is 13.8 Å². The Morgan fingerprint density at radius 3 is 2.68 bits per heavy atom. The highest BCUT2D eigenvalue weighted by molar-refractivity contribution is 6.07. The molecule has 6 rings (SSSR count). The normalized spacial score (nSPS) is 15.3. The van der Waals surface area contributed by atoms with Gasteiger partial charge in [-0.15, -0.1) is 0 Å². The van der Waals surface area contributed by atoms with Crippen molar-refractivity contribution >= 4 is 29.1 Å². The molecular weight excluding hydrogens is 565 g/mol. The second-order valence-electron chi connectivity index (χ2n) is 12.4. The summed E-state index contributed by atoms with van der Waals surface area (Å²) in [6, 6.07) is 8.00. The van der Waals surface area contributed by atoms with Gasteiger partial charge in [-0.05, 0) is 60.7 Å². The molecule has 1 aliphatic carbocycles. The maximum Gasteiger partial charge on any atom is 0.302 e. The first-order valence-corrected chi connectivity index (χ1v) is 14.6. The van der Waals surface area contributed by atoms with Crippen LogP contribution in [-0.2, 0) is 49.1 Å². The number of aromatic nitrogens is 4. The largest absolute Gasteiger partial charge is 0.461 e. The maximum atomic E-state index is 15.4. The van der Waals surface area contributed by atoms with E-state index < -0.39 is 11.8 Å². The van der Waals surface area contributed by atoms with Crippen LogP contribution in [0.4, 0.5) is 21.6 Å². The van der Waals surface area contributed by atoms with Crippen LogP contribution in [0.1, 0.15) is 53.8 Å². The van der Waals surface area contributed by atoms with Crippen LogP contribution >= 0.6 is 0 Å². The highest BCUT2D eigenvalue weighted by Gasteiger charge is 2.37. The predicted octanol–water partition coefficient (Wildman–Crippen LogP) is 4.03. The van der Waals surface area contributed by atoms with Crippen LogP contribution in [0.2, 0.25) is 0 Å². The zero-order chi connectivity index (χ0) is 31.3. The lowest BCUT2D eigenvalue weighted by Gasteiger charge is -2.32. The minimum absolute atomic E-state index is 0.150. The van der Waals surface area contributed by atoms with Crippen LogP contribution in [0, 0.1) is 11.2 Å². The molecule has 0 radical (unpaired) electrons. The van der Waals surface area contributed by atoms with Gasteiger partial charge in [-0.3, -0.25) is 19.5 Å². The number of nitrogens with one attached hydrogen (secondary N) is 3. The summed E-state index contributed by atoms with van der Waals surface area (Å²) in [4.78, 5) is 40.5. The van der Waals surface area contributed by atoms with Crippen LogP contribution in [0.5, 0.6) is 0 Å². The fraction of sp³-hybridized carbons (Fsp3) is 0.375. The average molecular weight is 602 g/mol. The summed E-state index contributed by atoms with van der Waals surface area (Å²) in [6.45, 7) is 7.03. The van der Waals surface area contributed by atoms with Crippen LogP contribution < -0.4 is 21.1 Å². The third-order valence-corrected chi connectivity index (χ3v) is 8.28. The molecule has 0 bridgehead atoms. The zero-order valence-corrected chi connectivity index (χ0v) is 25.5. The lowest BCUT2D eigenvalue weighted by molar-refractivity contribution is -0.142. The van der Waals surface area contributed by atoms with Crippen LogP contribution in [-0.4, -0.2) is 44.8 Å². The fourth-order valence-electron chi connectivity index (χ4n) is 6.38. The molecule has 11 nitrogen and oxygen atoms in total. The number of nitrogens with zero attached hydrogens (tertiary/aromatic N) is 4. The molecule has 2 aliphatic rings. The van der Waals surface area contributed by atoms with Gasteiger partial charge in [-0.2, -0.15) is 5.10 Å². The standard InChI is InChI=1S/C32H36FN7O4/c1-18(41)44-17-24-23(20-8-25(30(42)38(5)16-20)35-29-12-22(15-34-4)36-37-29)10-21(33)11-26(24)40-7-6-39-27(31(40)43)9-19-13-32(2,3)14-28(19)39/h8-12,16,34H,6-7,13-15,17H2,1-5H3,(H2,35,36,37). The molecule has 1 amide bonds. The van der Waals surface area contributed by atoms with Crippen molar-refractivity contribution in [1.82, 2.24) is 24.6 Å². The number of rotatable bonds is 8. The Balaban J connectivity index is 1.42. The Kier molecular flexibility index (Phi) is 7.40. The fourth-order valence-corrected chi connectivity index (χ4v) is 6.38. The second-order valence-corrected chi connectivity index (χ2v) is 12.4. The minimum atomic E-state index is -0.563. The van der Waals surface area contributed by atoms with Gasteiger partial charge < -0.3 is 29.4 Å². The van der Waals surface area contributed by atoms with E-state index in [0.29, 0.717) is 53.5 Å². The number of amides is 1. The maximum absolute atomic E-state index is 15.4. The smallest absolute Gasteiger partial charge is 0.302 e. The van der Waals surface area contributed by atoms with Gasteiger partial charge in [0.05, 0.1) is 11.4 Å². The number of esters is 1. The number of carbonyl (C=O) groups is 2. The lowest BCUT2D eigenvalue weighted by Crippen LogP contribution is -2.41. The van der Waals surface area contributed by atoms with Crippen molar-refractivity contribution in [3.8, 4) is 11.1 Å². The molecule has 0 unspecified atom stereocenters. The molecule has 0 saturated carbocycles.